The molecule has 2 amide bonds. The average molecular weight is 387 g/mol. The second kappa shape index (κ2) is 6.89. The van der Waals surface area contributed by atoms with Gasteiger partial charge in [-0.25, -0.2) is 0 Å². The van der Waals surface area contributed by atoms with Crippen LogP contribution in [0.1, 0.15) is 34.1 Å². The zero-order valence-corrected chi connectivity index (χ0v) is 14.6. The van der Waals surface area contributed by atoms with Crippen molar-refractivity contribution in [2.24, 2.45) is 0 Å². The Morgan fingerprint density at radius 2 is 1.76 bits per heavy atom. The molecule has 1 aliphatic heterocycles. The van der Waals surface area contributed by atoms with Crippen LogP contribution in [0.25, 0.3) is 10.8 Å². The fourth-order valence-electron chi connectivity index (χ4n) is 2.53. The molecule has 0 radical (unpaired) electrons. The fraction of sp³-hybridized carbons (Fsp3) is 0.250. The van der Waals surface area contributed by atoms with E-state index < -0.39 is 29.4 Å². The Morgan fingerprint density at radius 3 is 2.40 bits per heavy atom. The number of hydrogen-bond donors (Lipinski definition) is 0. The number of hydroxylamine groups is 2. The average Bonchev–Trinajstić information content (AvgIpc) is 2.57. The van der Waals surface area contributed by atoms with Gasteiger partial charge < -0.3 is 0 Å². The molecule has 1 heterocycles. The number of carbonyl (C=O) groups is 2. The zero-order valence-electron chi connectivity index (χ0n) is 12.9. The molecule has 0 aliphatic carbocycles. The topological polar surface area (TPSA) is 46.6 Å². The third-order valence-electron chi connectivity index (χ3n) is 3.50. The summed E-state index contributed by atoms with van der Waals surface area (Å²) < 4.78 is 41.4. The van der Waals surface area contributed by atoms with Crippen molar-refractivity contribution in [2.75, 3.05) is 5.75 Å². The lowest BCUT2D eigenvalue weighted by Crippen LogP contribution is -2.39. The highest BCUT2D eigenvalue weighted by Gasteiger charge is 2.39. The van der Waals surface area contributed by atoms with Crippen LogP contribution in [0.15, 0.2) is 35.2 Å². The summed E-state index contributed by atoms with van der Waals surface area (Å²) in [5.41, 5.74) is -4.43. The summed E-state index contributed by atoms with van der Waals surface area (Å²) in [6.45, 7) is 2.04. The largest absolute Gasteiger partial charge is 0.470 e. The minimum Gasteiger partial charge on any atom is -0.266 e. The van der Waals surface area contributed by atoms with Gasteiger partial charge >= 0.3 is 5.51 Å². The molecule has 1 aliphatic rings. The van der Waals surface area contributed by atoms with Gasteiger partial charge in [0.1, 0.15) is 12.0 Å². The first-order valence-electron chi connectivity index (χ1n) is 7.33. The van der Waals surface area contributed by atoms with E-state index in [1.54, 1.807) is 30.0 Å². The number of imide groups is 1. The smallest absolute Gasteiger partial charge is 0.266 e. The highest BCUT2D eigenvalue weighted by Crippen LogP contribution is 2.38. The van der Waals surface area contributed by atoms with E-state index in [0.717, 1.165) is 22.5 Å². The number of benzene rings is 2. The van der Waals surface area contributed by atoms with Crippen molar-refractivity contribution in [1.29, 1.82) is 0 Å². The maximum atomic E-state index is 12.4. The first-order chi connectivity index (χ1) is 11.8. The van der Waals surface area contributed by atoms with Crippen molar-refractivity contribution >= 4 is 46.4 Å². The minimum absolute atomic E-state index is 0.147. The van der Waals surface area contributed by atoms with Crippen molar-refractivity contribution in [2.45, 2.75) is 23.7 Å². The van der Waals surface area contributed by atoms with E-state index in [9.17, 15) is 22.8 Å². The predicted octanol–water partition coefficient (Wildman–Crippen LogP) is 5.04. The van der Waals surface area contributed by atoms with Crippen LogP contribution in [-0.4, -0.2) is 28.1 Å². The van der Waals surface area contributed by atoms with Gasteiger partial charge in [0.2, 0.25) is 0 Å². The molecule has 0 unspecified atom stereocenters. The lowest BCUT2D eigenvalue weighted by Gasteiger charge is -2.25. The molecule has 0 N–H and O–H groups in total. The second-order valence-electron chi connectivity index (χ2n) is 5.20. The highest BCUT2D eigenvalue weighted by atomic mass is 32.2. The lowest BCUT2D eigenvalue weighted by atomic mass is 9.95. The van der Waals surface area contributed by atoms with Crippen molar-refractivity contribution in [3.8, 4) is 0 Å². The predicted molar refractivity (Wildman–Crippen MR) is 90.2 cm³/mol. The van der Waals surface area contributed by atoms with Crippen LogP contribution in [-0.2, 0) is 4.28 Å². The van der Waals surface area contributed by atoms with Crippen LogP contribution in [0.3, 0.4) is 0 Å². The number of carbonyl (C=O) groups excluding carboxylic acids is 2. The summed E-state index contributed by atoms with van der Waals surface area (Å²) in [5, 5.41) is 1.35. The van der Waals surface area contributed by atoms with Crippen molar-refractivity contribution in [3.05, 3.63) is 41.5 Å². The molecule has 0 bridgehead atoms. The van der Waals surface area contributed by atoms with Gasteiger partial charge in [-0.15, -0.1) is 16.8 Å². The van der Waals surface area contributed by atoms with Gasteiger partial charge in [-0.2, -0.15) is 17.5 Å². The van der Waals surface area contributed by atoms with Crippen LogP contribution in [0.5, 0.6) is 0 Å². The summed E-state index contributed by atoms with van der Waals surface area (Å²) in [7, 11) is 0. The van der Waals surface area contributed by atoms with Crippen molar-refractivity contribution in [1.82, 2.24) is 5.06 Å². The molecule has 132 valence electrons. The van der Waals surface area contributed by atoms with Crippen LogP contribution in [0, 0.1) is 0 Å². The van der Waals surface area contributed by atoms with E-state index in [1.165, 1.54) is 12.1 Å². The zero-order chi connectivity index (χ0) is 18.2. The van der Waals surface area contributed by atoms with Gasteiger partial charge in [-0.05, 0) is 35.8 Å². The first kappa shape index (κ1) is 18.1. The molecular formula is C16H12F3NO3S2. The van der Waals surface area contributed by atoms with Gasteiger partial charge in [0.15, 0.2) is 0 Å². The lowest BCUT2D eigenvalue weighted by molar-refractivity contribution is -0.0570. The molecular weight excluding hydrogens is 375 g/mol. The Labute approximate surface area is 149 Å². The Hall–Kier alpha value is -1.71. The molecule has 0 atom stereocenters. The summed E-state index contributed by atoms with van der Waals surface area (Å²) >= 11 is 0.705. The quantitative estimate of drug-likeness (QED) is 0.409. The number of thioether (sulfide) groups is 1. The number of halogens is 3. The number of amides is 2. The summed E-state index contributed by atoms with van der Waals surface area (Å²) in [6, 6.07) is 8.17. The number of rotatable bonds is 5. The van der Waals surface area contributed by atoms with E-state index >= 15 is 0 Å². The molecule has 2 aromatic carbocycles. The Kier molecular flexibility index (Phi) is 4.99. The van der Waals surface area contributed by atoms with Crippen LogP contribution in [0.4, 0.5) is 13.2 Å². The number of alkyl halides is 3. The van der Waals surface area contributed by atoms with Crippen molar-refractivity contribution in [3.63, 3.8) is 0 Å². The highest BCUT2D eigenvalue weighted by molar-refractivity contribution is 7.99. The number of nitrogens with zero attached hydrogens (tertiary/aromatic N) is 1. The van der Waals surface area contributed by atoms with Gasteiger partial charge in [-0.1, -0.05) is 19.1 Å². The van der Waals surface area contributed by atoms with Gasteiger partial charge in [0.25, 0.3) is 11.8 Å². The normalized spacial score (nSPS) is 14.5. The van der Waals surface area contributed by atoms with E-state index in [1.807, 2.05) is 6.92 Å². The molecule has 9 heteroatoms. The number of hydrogen-bond acceptors (Lipinski definition) is 5. The molecule has 4 nitrogen and oxygen atoms in total. The fourth-order valence-corrected chi connectivity index (χ4v) is 3.74. The SMILES string of the molecule is CCCSc1ccc2c3c(cccc13)C(=O)N(OSC(F)(F)F)C2=O. The minimum atomic E-state index is -4.73. The molecule has 0 aromatic heterocycles. The standard InChI is InChI=1S/C16H12F3NO3S2/c1-2-8-24-12-7-6-11-13-9(12)4-3-5-10(13)14(21)20(15(11)22)23-25-16(17,18)19/h3-7H,2,8H2,1H3. The summed E-state index contributed by atoms with van der Waals surface area (Å²) in [4.78, 5) is 25.8. The van der Waals surface area contributed by atoms with Crippen LogP contribution in [0.2, 0.25) is 0 Å². The van der Waals surface area contributed by atoms with Crippen LogP contribution < -0.4 is 0 Å². The maximum Gasteiger partial charge on any atom is 0.470 e. The summed E-state index contributed by atoms with van der Waals surface area (Å²) in [5.74, 6) is -0.937. The molecule has 0 saturated heterocycles. The third-order valence-corrected chi connectivity index (χ3v) is 5.19. The van der Waals surface area contributed by atoms with E-state index in [-0.39, 0.29) is 16.2 Å². The molecule has 2 aromatic rings. The van der Waals surface area contributed by atoms with E-state index in [0.29, 0.717) is 5.39 Å². The van der Waals surface area contributed by atoms with Crippen LogP contribution >= 0.6 is 23.8 Å². The molecule has 3 rings (SSSR count). The van der Waals surface area contributed by atoms with E-state index in [4.69, 9.17) is 0 Å². The maximum absolute atomic E-state index is 12.4. The van der Waals surface area contributed by atoms with E-state index in [2.05, 4.69) is 4.28 Å². The van der Waals surface area contributed by atoms with Gasteiger partial charge in [0.05, 0.1) is 11.1 Å². The third kappa shape index (κ3) is 3.49. The Morgan fingerprint density at radius 1 is 1.08 bits per heavy atom. The molecule has 0 saturated carbocycles. The molecule has 0 fully saturated rings. The Bertz CT molecular complexity index is 832. The summed E-state index contributed by atoms with van der Waals surface area (Å²) in [6.07, 6.45) is 0.960. The van der Waals surface area contributed by atoms with Gasteiger partial charge in [0, 0.05) is 10.3 Å². The first-order valence-corrected chi connectivity index (χ1v) is 9.06. The second-order valence-corrected chi connectivity index (χ2v) is 7.11. The monoisotopic (exact) mass is 387 g/mol. The van der Waals surface area contributed by atoms with Crippen molar-refractivity contribution < 1.29 is 27.0 Å². The molecule has 25 heavy (non-hydrogen) atoms. The Balaban J connectivity index is 2.06. The van der Waals surface area contributed by atoms with Gasteiger partial charge in [-0.3, -0.25) is 9.59 Å². The molecule has 0 spiro atoms.